The van der Waals surface area contributed by atoms with Crippen LogP contribution in [0.4, 0.5) is 27.7 Å². The van der Waals surface area contributed by atoms with E-state index in [9.17, 15) is 9.18 Å². The van der Waals surface area contributed by atoms with Crippen LogP contribution >= 0.6 is 0 Å². The van der Waals surface area contributed by atoms with Gasteiger partial charge >= 0.3 is 5.95 Å². The van der Waals surface area contributed by atoms with E-state index in [4.69, 9.17) is 15.8 Å². The summed E-state index contributed by atoms with van der Waals surface area (Å²) in [5.74, 6) is 1.05. The van der Waals surface area contributed by atoms with Crippen molar-refractivity contribution in [2.75, 3.05) is 11.9 Å². The molecule has 4 aromatic heterocycles. The maximum absolute atomic E-state index is 13.7. The van der Waals surface area contributed by atoms with E-state index in [1.807, 2.05) is 31.3 Å². The number of quaternary nitrogens is 1. The highest BCUT2D eigenvalue weighted by Gasteiger charge is 2.61. The number of nitrogens with one attached hydrogen (secondary N) is 2. The second kappa shape index (κ2) is 7.32. The number of aromatic amines is 1. The molecule has 2 fully saturated rings. The number of amides is 1. The first kappa shape index (κ1) is 20.7. The summed E-state index contributed by atoms with van der Waals surface area (Å²) in [5.41, 5.74) is 7.39. The molecule has 0 aromatic carbocycles. The molecule has 1 saturated heterocycles. The maximum Gasteiger partial charge on any atom is 0.354 e. The summed E-state index contributed by atoms with van der Waals surface area (Å²) < 4.78 is 15.4. The first-order chi connectivity index (χ1) is 16.4. The van der Waals surface area contributed by atoms with Crippen LogP contribution in [0.15, 0.2) is 42.7 Å². The number of nitrogens with zero attached hydrogens (tertiary/aromatic N) is 6. The standard InChI is InChI=1S/C23H24FN9O/c1-23(21(25)34)9-3-11-33(23,15-7-8-18(24)26-13-15)22-28-20(17-4-2-10-32(17)31-22)27-19-12-16(29-30-19)14-5-6-14/h2,4,7-8,10,12-14H,3,5-6,9,11H2,1H3,(H3-,25,27,28,29,30,31,34)/p+1/t23-,33?/m0/s1. The lowest BCUT2D eigenvalue weighted by molar-refractivity contribution is -0.126. The molecular formula is C23H25FN9O+. The van der Waals surface area contributed by atoms with Crippen LogP contribution in [0.5, 0.6) is 0 Å². The van der Waals surface area contributed by atoms with E-state index < -0.39 is 17.4 Å². The number of hydrogen-bond acceptors (Lipinski definition) is 6. The molecule has 2 atom stereocenters. The van der Waals surface area contributed by atoms with E-state index >= 15 is 0 Å². The maximum atomic E-state index is 13.7. The van der Waals surface area contributed by atoms with Crippen molar-refractivity contribution in [1.29, 1.82) is 0 Å². The second-order valence-corrected chi connectivity index (χ2v) is 9.32. The van der Waals surface area contributed by atoms with Gasteiger partial charge in [-0.3, -0.25) is 9.89 Å². The van der Waals surface area contributed by atoms with Gasteiger partial charge in [-0.05, 0) is 31.0 Å². The summed E-state index contributed by atoms with van der Waals surface area (Å²) in [5, 5.41) is 15.6. The quantitative estimate of drug-likeness (QED) is 0.298. The molecule has 34 heavy (non-hydrogen) atoms. The number of primary amides is 1. The number of rotatable bonds is 6. The summed E-state index contributed by atoms with van der Waals surface area (Å²) in [6, 6.07) is 8.69. The summed E-state index contributed by atoms with van der Waals surface area (Å²) in [7, 11) is 0. The molecule has 1 saturated carbocycles. The van der Waals surface area contributed by atoms with Crippen LogP contribution in [0.1, 0.15) is 44.2 Å². The largest absolute Gasteiger partial charge is 0.364 e. The minimum absolute atomic E-state index is 0.0493. The van der Waals surface area contributed by atoms with E-state index in [1.54, 1.807) is 10.6 Å². The van der Waals surface area contributed by atoms with E-state index in [0.717, 1.165) is 17.6 Å². The molecule has 10 nitrogen and oxygen atoms in total. The van der Waals surface area contributed by atoms with E-state index in [0.29, 0.717) is 42.2 Å². The van der Waals surface area contributed by atoms with Crippen molar-refractivity contribution < 1.29 is 9.18 Å². The zero-order valence-corrected chi connectivity index (χ0v) is 18.7. The van der Waals surface area contributed by atoms with Crippen molar-refractivity contribution in [1.82, 2.24) is 34.3 Å². The lowest BCUT2D eigenvalue weighted by Gasteiger charge is -2.41. The second-order valence-electron chi connectivity index (χ2n) is 9.32. The molecule has 0 radical (unpaired) electrons. The van der Waals surface area contributed by atoms with Gasteiger partial charge in [0, 0.05) is 49.7 Å². The Kier molecular flexibility index (Phi) is 4.46. The Labute approximate surface area is 194 Å². The molecule has 1 amide bonds. The summed E-state index contributed by atoms with van der Waals surface area (Å²) in [6.45, 7) is 2.34. The van der Waals surface area contributed by atoms with Gasteiger partial charge in [-0.25, -0.2) is 14.0 Å². The first-order valence-electron chi connectivity index (χ1n) is 11.4. The summed E-state index contributed by atoms with van der Waals surface area (Å²) >= 11 is 0. The van der Waals surface area contributed by atoms with Crippen molar-refractivity contribution in [3.05, 3.63) is 54.4 Å². The topological polar surface area (TPSA) is 127 Å². The minimum Gasteiger partial charge on any atom is -0.364 e. The molecule has 0 bridgehead atoms. The number of carbonyl (C=O) groups excluding carboxylic acids is 1. The van der Waals surface area contributed by atoms with Crippen LogP contribution in [0.2, 0.25) is 0 Å². The number of aromatic nitrogens is 6. The molecule has 11 heteroatoms. The highest BCUT2D eigenvalue weighted by atomic mass is 19.1. The van der Waals surface area contributed by atoms with Gasteiger partial charge in [-0.1, -0.05) is 5.10 Å². The fourth-order valence-electron chi connectivity index (χ4n) is 5.16. The number of pyridine rings is 1. The van der Waals surface area contributed by atoms with Crippen LogP contribution in [-0.4, -0.2) is 47.8 Å². The van der Waals surface area contributed by atoms with Gasteiger partial charge in [0.2, 0.25) is 5.95 Å². The molecule has 0 spiro atoms. The van der Waals surface area contributed by atoms with Crippen molar-refractivity contribution in [3.63, 3.8) is 0 Å². The predicted octanol–water partition coefficient (Wildman–Crippen LogP) is 3.28. The van der Waals surface area contributed by atoms with Crippen molar-refractivity contribution >= 4 is 34.7 Å². The molecule has 1 unspecified atom stereocenters. The van der Waals surface area contributed by atoms with E-state index in [-0.39, 0.29) is 4.48 Å². The smallest absolute Gasteiger partial charge is 0.354 e. The fourth-order valence-corrected chi connectivity index (χ4v) is 5.16. The predicted molar refractivity (Wildman–Crippen MR) is 124 cm³/mol. The van der Waals surface area contributed by atoms with E-state index in [1.165, 1.54) is 25.1 Å². The molecule has 4 aromatic rings. The third-order valence-corrected chi connectivity index (χ3v) is 7.27. The normalized spacial score (nSPS) is 24.5. The van der Waals surface area contributed by atoms with Gasteiger partial charge in [0.15, 0.2) is 22.9 Å². The monoisotopic (exact) mass is 462 g/mol. The van der Waals surface area contributed by atoms with Crippen LogP contribution < -0.4 is 15.5 Å². The molecule has 4 N–H and O–H groups in total. The molecule has 6 rings (SSSR count). The molecule has 1 aliphatic carbocycles. The average molecular weight is 463 g/mol. The zero-order valence-electron chi connectivity index (χ0n) is 18.7. The fraction of sp³-hybridized carbons (Fsp3) is 0.348. The highest BCUT2D eigenvalue weighted by Crippen LogP contribution is 2.48. The Morgan fingerprint density at radius 3 is 2.94 bits per heavy atom. The number of carbonyl (C=O) groups is 1. The first-order valence-corrected chi connectivity index (χ1v) is 11.4. The molecule has 5 heterocycles. The van der Waals surface area contributed by atoms with Crippen molar-refractivity contribution in [2.45, 2.75) is 44.1 Å². The number of hydrogen-bond donors (Lipinski definition) is 3. The molecule has 2 aliphatic rings. The van der Waals surface area contributed by atoms with Gasteiger partial charge < -0.3 is 11.1 Å². The average Bonchev–Trinajstić information content (AvgIpc) is 3.20. The highest BCUT2D eigenvalue weighted by molar-refractivity contribution is 5.89. The Morgan fingerprint density at radius 1 is 1.35 bits per heavy atom. The number of fused-ring (bicyclic) bond motifs is 1. The number of H-pyrrole nitrogens is 1. The Bertz CT molecular complexity index is 1390. The molecule has 174 valence electrons. The van der Waals surface area contributed by atoms with Crippen LogP contribution in [0.3, 0.4) is 0 Å². The van der Waals surface area contributed by atoms with Gasteiger partial charge in [0.05, 0.1) is 12.7 Å². The van der Waals surface area contributed by atoms with E-state index in [2.05, 4.69) is 20.5 Å². The Balaban J connectivity index is 1.53. The van der Waals surface area contributed by atoms with Gasteiger partial charge in [-0.15, -0.1) is 0 Å². The lowest BCUT2D eigenvalue weighted by atomic mass is 9.95. The zero-order chi connectivity index (χ0) is 23.5. The van der Waals surface area contributed by atoms with Gasteiger partial charge in [0.1, 0.15) is 5.52 Å². The third kappa shape index (κ3) is 3.00. The third-order valence-electron chi connectivity index (χ3n) is 7.27. The van der Waals surface area contributed by atoms with Crippen LogP contribution in [0, 0.1) is 5.95 Å². The molecule has 1 aliphatic heterocycles. The number of anilines is 2. The number of nitrogens with two attached hydrogens (primary N) is 1. The number of halogens is 1. The van der Waals surface area contributed by atoms with Crippen LogP contribution in [-0.2, 0) is 4.79 Å². The SMILES string of the molecule is C[C@@]1(C(N)=O)CCC[N+]1(c1ccc(F)nc1)c1nc(Nc2cc(C3CC3)[nH]n2)c2cccn2n1. The van der Waals surface area contributed by atoms with Crippen molar-refractivity contribution in [2.24, 2.45) is 5.73 Å². The van der Waals surface area contributed by atoms with Gasteiger partial charge in [-0.2, -0.15) is 14.5 Å². The summed E-state index contributed by atoms with van der Waals surface area (Å²) in [6.07, 6.45) is 6.85. The van der Waals surface area contributed by atoms with Crippen molar-refractivity contribution in [3.8, 4) is 0 Å². The molecular weight excluding hydrogens is 437 g/mol. The lowest BCUT2D eigenvalue weighted by Crippen LogP contribution is -2.64. The minimum atomic E-state index is -1.04. The summed E-state index contributed by atoms with van der Waals surface area (Å²) in [4.78, 5) is 21.6. The Morgan fingerprint density at radius 2 is 2.21 bits per heavy atom. The van der Waals surface area contributed by atoms with Gasteiger partial charge in [0.25, 0.3) is 5.91 Å². The van der Waals surface area contributed by atoms with Crippen LogP contribution in [0.25, 0.3) is 5.52 Å². The Hall–Kier alpha value is -3.86.